The molecule has 1 aliphatic heterocycles. The second-order valence-corrected chi connectivity index (χ2v) is 7.67. The number of rotatable bonds is 5. The lowest BCUT2D eigenvalue weighted by molar-refractivity contribution is 0.354. The maximum Gasteiger partial charge on any atom is 0.349 e. The lowest BCUT2D eigenvalue weighted by Gasteiger charge is -2.24. The molecule has 0 saturated heterocycles. The normalized spacial score (nSPS) is 15.5. The number of anilines is 1. The summed E-state index contributed by atoms with van der Waals surface area (Å²) < 4.78 is 16.3. The van der Waals surface area contributed by atoms with Crippen LogP contribution in [0.1, 0.15) is 23.6 Å². The molecule has 7 nitrogen and oxygen atoms in total. The summed E-state index contributed by atoms with van der Waals surface area (Å²) in [6, 6.07) is 22.0. The molecule has 1 aromatic heterocycles. The smallest absolute Gasteiger partial charge is 0.349 e. The van der Waals surface area contributed by atoms with Crippen LogP contribution >= 0.6 is 0 Å². The lowest BCUT2D eigenvalue weighted by atomic mass is 9.97. The molecule has 1 N–H and O–H groups in total. The first-order chi connectivity index (χ1) is 16.1. The molecule has 0 spiro atoms. The molecule has 7 heteroatoms. The van der Waals surface area contributed by atoms with E-state index in [4.69, 9.17) is 19.0 Å². The first-order valence-corrected chi connectivity index (χ1v) is 10.5. The Morgan fingerprint density at radius 3 is 2.45 bits per heavy atom. The largest absolute Gasteiger partial charge is 0.506 e. The van der Waals surface area contributed by atoms with Gasteiger partial charge in [-0.1, -0.05) is 36.4 Å². The predicted octanol–water partition coefficient (Wildman–Crippen LogP) is 4.87. The van der Waals surface area contributed by atoms with Gasteiger partial charge in [0.15, 0.2) is 11.5 Å². The van der Waals surface area contributed by atoms with Gasteiger partial charge in [0.1, 0.15) is 16.9 Å². The highest BCUT2D eigenvalue weighted by Crippen LogP contribution is 2.40. The zero-order valence-electron chi connectivity index (χ0n) is 18.2. The third-order valence-electron chi connectivity index (χ3n) is 5.80. The second-order valence-electron chi connectivity index (χ2n) is 7.67. The number of fused-ring (bicyclic) bond motifs is 1. The van der Waals surface area contributed by atoms with Gasteiger partial charge in [-0.15, -0.1) is 0 Å². The van der Waals surface area contributed by atoms with Crippen LogP contribution in [0, 0.1) is 0 Å². The van der Waals surface area contributed by atoms with E-state index in [-0.39, 0.29) is 17.4 Å². The van der Waals surface area contributed by atoms with E-state index in [1.165, 1.54) is 0 Å². The van der Waals surface area contributed by atoms with E-state index >= 15 is 0 Å². The Morgan fingerprint density at radius 2 is 1.70 bits per heavy atom. The van der Waals surface area contributed by atoms with Crippen LogP contribution in [-0.2, 0) is 0 Å². The van der Waals surface area contributed by atoms with Crippen LogP contribution in [0.25, 0.3) is 11.0 Å². The molecule has 2 heterocycles. The Morgan fingerprint density at radius 1 is 0.970 bits per heavy atom. The van der Waals surface area contributed by atoms with E-state index in [2.05, 4.69) is 0 Å². The number of hydrogen-bond donors (Lipinski definition) is 1. The highest BCUT2D eigenvalue weighted by atomic mass is 16.5. The molecule has 1 aliphatic rings. The quantitative estimate of drug-likeness (QED) is 0.444. The highest BCUT2D eigenvalue weighted by Gasteiger charge is 2.33. The molecular formula is C26H22N2O5. The first kappa shape index (κ1) is 20.6. The molecule has 1 atom stereocenters. The van der Waals surface area contributed by atoms with E-state index < -0.39 is 5.63 Å². The van der Waals surface area contributed by atoms with Crippen molar-refractivity contribution in [3.63, 3.8) is 0 Å². The fourth-order valence-electron chi connectivity index (χ4n) is 4.19. The minimum absolute atomic E-state index is 0.0811. The van der Waals surface area contributed by atoms with Crippen molar-refractivity contribution in [1.82, 2.24) is 0 Å². The van der Waals surface area contributed by atoms with Gasteiger partial charge in [-0.2, -0.15) is 5.10 Å². The van der Waals surface area contributed by atoms with Crippen LogP contribution in [0.4, 0.5) is 5.69 Å². The molecule has 0 aliphatic carbocycles. The number of aromatic hydroxyl groups is 1. The zero-order chi connectivity index (χ0) is 22.9. The van der Waals surface area contributed by atoms with E-state index in [9.17, 15) is 9.90 Å². The van der Waals surface area contributed by atoms with E-state index in [0.29, 0.717) is 34.6 Å². The molecule has 0 fully saturated rings. The summed E-state index contributed by atoms with van der Waals surface area (Å²) in [4.78, 5) is 12.8. The topological polar surface area (TPSA) is 84.5 Å². The van der Waals surface area contributed by atoms with E-state index in [0.717, 1.165) is 11.3 Å². The van der Waals surface area contributed by atoms with Crippen LogP contribution in [0.2, 0.25) is 0 Å². The summed E-state index contributed by atoms with van der Waals surface area (Å²) in [7, 11) is 3.18. The van der Waals surface area contributed by atoms with Gasteiger partial charge in [0.2, 0.25) is 0 Å². The number of benzene rings is 3. The number of para-hydroxylation sites is 2. The van der Waals surface area contributed by atoms with Crippen LogP contribution in [0.3, 0.4) is 0 Å². The van der Waals surface area contributed by atoms with Gasteiger partial charge in [0.25, 0.3) is 0 Å². The molecule has 0 saturated carbocycles. The highest BCUT2D eigenvalue weighted by molar-refractivity contribution is 6.08. The van der Waals surface area contributed by atoms with Crippen molar-refractivity contribution in [2.75, 3.05) is 19.2 Å². The molecular weight excluding hydrogens is 420 g/mol. The first-order valence-electron chi connectivity index (χ1n) is 10.5. The number of hydrazone groups is 1. The van der Waals surface area contributed by atoms with Crippen LogP contribution in [-0.4, -0.2) is 25.0 Å². The molecule has 3 aromatic carbocycles. The summed E-state index contributed by atoms with van der Waals surface area (Å²) in [5.41, 5.74) is 2.04. The van der Waals surface area contributed by atoms with Crippen molar-refractivity contribution in [2.45, 2.75) is 12.5 Å². The Hall–Kier alpha value is -4.26. The van der Waals surface area contributed by atoms with Gasteiger partial charge in [-0.3, -0.25) is 5.01 Å². The second kappa shape index (κ2) is 8.35. The molecule has 33 heavy (non-hydrogen) atoms. The standard InChI is InChI=1S/C26H22N2O5/c1-31-22-13-12-16(14-23(22)32-2)20-15-19(27-28(20)17-8-4-3-5-9-17)24-25(29)18-10-6-7-11-21(18)33-26(24)30/h3-14,20,29H,15H2,1-2H3/t20-/m1/s1. The fourth-order valence-corrected chi connectivity index (χ4v) is 4.19. The third-order valence-corrected chi connectivity index (χ3v) is 5.80. The van der Waals surface area contributed by atoms with Crippen LogP contribution in [0.5, 0.6) is 17.2 Å². The predicted molar refractivity (Wildman–Crippen MR) is 127 cm³/mol. The molecule has 0 amide bonds. The van der Waals surface area contributed by atoms with Crippen molar-refractivity contribution in [3.05, 3.63) is 94.3 Å². The molecule has 166 valence electrons. The van der Waals surface area contributed by atoms with Crippen molar-refractivity contribution < 1.29 is 19.0 Å². The number of methoxy groups -OCH3 is 2. The molecule has 0 unspecified atom stereocenters. The van der Waals surface area contributed by atoms with Crippen molar-refractivity contribution in [2.24, 2.45) is 5.10 Å². The van der Waals surface area contributed by atoms with Gasteiger partial charge >= 0.3 is 5.63 Å². The van der Waals surface area contributed by atoms with Crippen LogP contribution in [0.15, 0.2) is 87.1 Å². The Labute approximate surface area is 190 Å². The third kappa shape index (κ3) is 3.57. The summed E-state index contributed by atoms with van der Waals surface area (Å²) >= 11 is 0. The Kier molecular flexibility index (Phi) is 5.22. The summed E-state index contributed by atoms with van der Waals surface area (Å²) in [5, 5.41) is 18.0. The van der Waals surface area contributed by atoms with Crippen LogP contribution < -0.4 is 20.1 Å². The van der Waals surface area contributed by atoms with Crippen molar-refractivity contribution in [3.8, 4) is 17.2 Å². The fraction of sp³-hybridized carbons (Fsp3) is 0.154. The van der Waals surface area contributed by atoms with E-state index in [1.54, 1.807) is 38.5 Å². The maximum atomic E-state index is 12.8. The summed E-state index contributed by atoms with van der Waals surface area (Å²) in [6.07, 6.45) is 0.390. The SMILES string of the molecule is COc1ccc([C@H]2CC(c3c(O)c4ccccc4oc3=O)=NN2c2ccccc2)cc1OC. The number of ether oxygens (including phenoxy) is 2. The number of nitrogens with zero attached hydrogens (tertiary/aromatic N) is 2. The van der Waals surface area contributed by atoms with Gasteiger partial charge in [0, 0.05) is 6.42 Å². The lowest BCUT2D eigenvalue weighted by Crippen LogP contribution is -2.18. The van der Waals surface area contributed by atoms with Gasteiger partial charge < -0.3 is 19.0 Å². The average Bonchev–Trinajstić information content (AvgIpc) is 3.29. The van der Waals surface area contributed by atoms with Gasteiger partial charge in [-0.25, -0.2) is 4.79 Å². The molecule has 4 aromatic rings. The molecule has 0 bridgehead atoms. The summed E-state index contributed by atoms with van der Waals surface area (Å²) in [6.45, 7) is 0. The Bertz CT molecular complexity index is 1410. The van der Waals surface area contributed by atoms with E-state index in [1.807, 2.05) is 53.5 Å². The Balaban J connectivity index is 1.64. The summed E-state index contributed by atoms with van der Waals surface area (Å²) in [5.74, 6) is 1.10. The maximum absolute atomic E-state index is 12.8. The molecule has 5 rings (SSSR count). The number of hydrogen-bond acceptors (Lipinski definition) is 7. The van der Waals surface area contributed by atoms with Crippen molar-refractivity contribution >= 4 is 22.4 Å². The van der Waals surface area contributed by atoms with Crippen molar-refractivity contribution in [1.29, 1.82) is 0 Å². The minimum Gasteiger partial charge on any atom is -0.506 e. The zero-order valence-corrected chi connectivity index (χ0v) is 18.2. The van der Waals surface area contributed by atoms with Gasteiger partial charge in [0.05, 0.1) is 37.0 Å². The molecule has 0 radical (unpaired) electrons. The minimum atomic E-state index is -0.620. The average molecular weight is 442 g/mol. The van der Waals surface area contributed by atoms with Gasteiger partial charge in [-0.05, 0) is 42.0 Å². The monoisotopic (exact) mass is 442 g/mol.